The fraction of sp³-hybridized carbons (Fsp3) is 0.667. The van der Waals surface area contributed by atoms with E-state index >= 15 is 0 Å². The van der Waals surface area contributed by atoms with Crippen molar-refractivity contribution < 1.29 is 29.9 Å². The molecule has 0 saturated carbocycles. The van der Waals surface area contributed by atoms with Gasteiger partial charge in [-0.05, 0) is 32.4 Å². The smallest absolute Gasteiger partial charge is 0.181 e. The topological polar surface area (TPSA) is 103 Å². The maximum atomic E-state index is 9.96. The number of anilines is 1. The van der Waals surface area contributed by atoms with Crippen molar-refractivity contribution in [1.29, 1.82) is 0 Å². The minimum atomic E-state index is -1.19. The highest BCUT2D eigenvalue weighted by Gasteiger charge is 2.41. The van der Waals surface area contributed by atoms with Crippen LogP contribution in [0.2, 0.25) is 0 Å². The standard InChI is InChI=1S/C18H29NO6/c1-9-6-13(7-14(20)15(9)21)19(5)10(2)8-24-17-11(3)16(22)18(23)25-12(17)4/h6-7,10-12,16-18,20-23H,8H2,1-5H3. The second-order valence-corrected chi connectivity index (χ2v) is 6.97. The quantitative estimate of drug-likeness (QED) is 0.591. The molecule has 2 rings (SSSR count). The van der Waals surface area contributed by atoms with Crippen molar-refractivity contribution in [1.82, 2.24) is 0 Å². The van der Waals surface area contributed by atoms with Gasteiger partial charge in [0.05, 0.1) is 18.8 Å². The molecule has 142 valence electrons. The molecule has 1 saturated heterocycles. The van der Waals surface area contributed by atoms with E-state index in [9.17, 15) is 20.4 Å². The van der Waals surface area contributed by atoms with Crippen LogP contribution in [0, 0.1) is 12.8 Å². The molecule has 1 aromatic carbocycles. The van der Waals surface area contributed by atoms with Gasteiger partial charge >= 0.3 is 0 Å². The molecular weight excluding hydrogens is 326 g/mol. The number of phenols is 2. The molecule has 0 spiro atoms. The van der Waals surface area contributed by atoms with E-state index in [0.29, 0.717) is 12.2 Å². The number of rotatable bonds is 5. The van der Waals surface area contributed by atoms with Gasteiger partial charge < -0.3 is 34.8 Å². The number of aryl methyl sites for hydroxylation is 1. The highest BCUT2D eigenvalue weighted by Crippen LogP contribution is 2.34. The molecule has 7 heteroatoms. The van der Waals surface area contributed by atoms with Gasteiger partial charge in [0.25, 0.3) is 0 Å². The maximum absolute atomic E-state index is 9.96. The molecule has 6 unspecified atom stereocenters. The van der Waals surface area contributed by atoms with Crippen LogP contribution in [0.5, 0.6) is 11.5 Å². The minimum Gasteiger partial charge on any atom is -0.504 e. The zero-order valence-electron chi connectivity index (χ0n) is 15.4. The Morgan fingerprint density at radius 3 is 2.48 bits per heavy atom. The van der Waals surface area contributed by atoms with Gasteiger partial charge in [-0.3, -0.25) is 0 Å². The summed E-state index contributed by atoms with van der Waals surface area (Å²) in [5, 5.41) is 39.1. The second-order valence-electron chi connectivity index (χ2n) is 6.97. The third-order valence-corrected chi connectivity index (χ3v) is 5.03. The molecule has 1 fully saturated rings. The predicted molar refractivity (Wildman–Crippen MR) is 93.8 cm³/mol. The van der Waals surface area contributed by atoms with Gasteiger partial charge in [0, 0.05) is 30.8 Å². The summed E-state index contributed by atoms with van der Waals surface area (Å²) in [7, 11) is 1.88. The first-order valence-corrected chi connectivity index (χ1v) is 8.52. The summed E-state index contributed by atoms with van der Waals surface area (Å²) in [4.78, 5) is 1.94. The Hall–Kier alpha value is -1.54. The zero-order chi connectivity index (χ0) is 18.9. The molecule has 0 radical (unpaired) electrons. The third kappa shape index (κ3) is 4.17. The first kappa shape index (κ1) is 19.8. The molecule has 1 aliphatic rings. The molecule has 1 aromatic rings. The Morgan fingerprint density at radius 2 is 1.88 bits per heavy atom. The van der Waals surface area contributed by atoms with Gasteiger partial charge in [-0.1, -0.05) is 6.92 Å². The van der Waals surface area contributed by atoms with E-state index in [1.54, 1.807) is 13.0 Å². The summed E-state index contributed by atoms with van der Waals surface area (Å²) in [6.07, 6.45) is -2.83. The lowest BCUT2D eigenvalue weighted by atomic mass is 9.91. The molecular formula is C18H29NO6. The molecule has 1 heterocycles. The maximum Gasteiger partial charge on any atom is 0.181 e. The van der Waals surface area contributed by atoms with Crippen molar-refractivity contribution in [3.8, 4) is 11.5 Å². The number of aliphatic hydroxyl groups excluding tert-OH is 2. The lowest BCUT2D eigenvalue weighted by Crippen LogP contribution is -2.53. The monoisotopic (exact) mass is 355 g/mol. The molecule has 0 bridgehead atoms. The van der Waals surface area contributed by atoms with Gasteiger partial charge in [-0.25, -0.2) is 0 Å². The summed E-state index contributed by atoms with van der Waals surface area (Å²) in [6, 6.07) is 3.28. The van der Waals surface area contributed by atoms with Crippen molar-refractivity contribution in [2.24, 2.45) is 5.92 Å². The SMILES string of the molecule is Cc1cc(N(C)C(C)COC2C(C)OC(O)C(O)C2C)cc(O)c1O. The van der Waals surface area contributed by atoms with Crippen LogP contribution in [-0.2, 0) is 9.47 Å². The largest absolute Gasteiger partial charge is 0.504 e. The molecule has 4 N–H and O–H groups in total. The summed E-state index contributed by atoms with van der Waals surface area (Å²) >= 11 is 0. The van der Waals surface area contributed by atoms with E-state index in [1.807, 2.05) is 32.7 Å². The van der Waals surface area contributed by atoms with Crippen LogP contribution >= 0.6 is 0 Å². The lowest BCUT2D eigenvalue weighted by Gasteiger charge is -2.41. The summed E-state index contributed by atoms with van der Waals surface area (Å²) in [6.45, 7) is 7.72. The van der Waals surface area contributed by atoms with Crippen molar-refractivity contribution in [3.63, 3.8) is 0 Å². The Kier molecular flexibility index (Phi) is 6.16. The minimum absolute atomic E-state index is 0.0215. The van der Waals surface area contributed by atoms with E-state index in [4.69, 9.17) is 9.47 Å². The lowest BCUT2D eigenvalue weighted by molar-refractivity contribution is -0.269. The van der Waals surface area contributed by atoms with Gasteiger partial charge in [-0.15, -0.1) is 0 Å². The second kappa shape index (κ2) is 7.78. The highest BCUT2D eigenvalue weighted by atomic mass is 16.6. The normalized spacial score (nSPS) is 30.9. The summed E-state index contributed by atoms with van der Waals surface area (Å²) in [5.41, 5.74) is 1.36. The van der Waals surface area contributed by atoms with Gasteiger partial charge in [-0.2, -0.15) is 0 Å². The number of phenolic OH excluding ortho intramolecular Hbond substituents is 2. The average Bonchev–Trinajstić information content (AvgIpc) is 2.56. The summed E-state index contributed by atoms with van der Waals surface area (Å²) < 4.78 is 11.3. The van der Waals surface area contributed by atoms with E-state index in [2.05, 4.69) is 0 Å². The van der Waals surface area contributed by atoms with Crippen LogP contribution in [0.3, 0.4) is 0 Å². The summed E-state index contributed by atoms with van der Waals surface area (Å²) in [5.74, 6) is -0.526. The fourth-order valence-corrected chi connectivity index (χ4v) is 3.11. The molecule has 6 atom stereocenters. The van der Waals surface area contributed by atoms with Crippen LogP contribution < -0.4 is 4.90 Å². The van der Waals surface area contributed by atoms with Gasteiger partial charge in [0.15, 0.2) is 17.8 Å². The van der Waals surface area contributed by atoms with E-state index in [0.717, 1.165) is 5.69 Å². The van der Waals surface area contributed by atoms with E-state index < -0.39 is 12.4 Å². The predicted octanol–water partition coefficient (Wildman–Crippen LogP) is 1.35. The van der Waals surface area contributed by atoms with Crippen molar-refractivity contribution in [3.05, 3.63) is 17.7 Å². The van der Waals surface area contributed by atoms with Crippen LogP contribution in [0.25, 0.3) is 0 Å². The number of nitrogens with zero attached hydrogens (tertiary/aromatic N) is 1. The first-order chi connectivity index (χ1) is 11.6. The van der Waals surface area contributed by atoms with Crippen molar-refractivity contribution in [2.45, 2.75) is 58.3 Å². The number of likely N-dealkylation sites (N-methyl/N-ethyl adjacent to an activating group) is 1. The molecule has 7 nitrogen and oxygen atoms in total. The van der Waals surface area contributed by atoms with Crippen LogP contribution in [0.15, 0.2) is 12.1 Å². The molecule has 25 heavy (non-hydrogen) atoms. The van der Waals surface area contributed by atoms with E-state index in [1.165, 1.54) is 6.07 Å². The Morgan fingerprint density at radius 1 is 1.24 bits per heavy atom. The number of aliphatic hydroxyl groups is 2. The van der Waals surface area contributed by atoms with Crippen molar-refractivity contribution in [2.75, 3.05) is 18.6 Å². The van der Waals surface area contributed by atoms with E-state index in [-0.39, 0.29) is 35.7 Å². The Labute approximate surface area is 148 Å². The van der Waals surface area contributed by atoms with Crippen LogP contribution in [0.1, 0.15) is 26.3 Å². The van der Waals surface area contributed by atoms with Crippen LogP contribution in [-0.4, -0.2) is 64.7 Å². The molecule has 0 amide bonds. The van der Waals surface area contributed by atoms with Gasteiger partial charge in [0.2, 0.25) is 0 Å². The van der Waals surface area contributed by atoms with Crippen LogP contribution in [0.4, 0.5) is 5.69 Å². The van der Waals surface area contributed by atoms with Gasteiger partial charge in [0.1, 0.15) is 6.10 Å². The fourth-order valence-electron chi connectivity index (χ4n) is 3.11. The number of hydrogen-bond acceptors (Lipinski definition) is 7. The highest BCUT2D eigenvalue weighted by molar-refractivity contribution is 5.59. The van der Waals surface area contributed by atoms with Crippen molar-refractivity contribution >= 4 is 5.69 Å². The number of ether oxygens (including phenoxy) is 2. The third-order valence-electron chi connectivity index (χ3n) is 5.03. The first-order valence-electron chi connectivity index (χ1n) is 8.52. The number of hydrogen-bond donors (Lipinski definition) is 4. The number of benzene rings is 1. The number of aromatic hydroxyl groups is 2. The molecule has 0 aromatic heterocycles. The Bertz CT molecular complexity index is 572. The average molecular weight is 355 g/mol. The molecule has 0 aliphatic carbocycles. The Balaban J connectivity index is 2.01. The molecule has 1 aliphatic heterocycles. The zero-order valence-corrected chi connectivity index (χ0v) is 15.4.